The summed E-state index contributed by atoms with van der Waals surface area (Å²) in [6.07, 6.45) is 1.46. The van der Waals surface area contributed by atoms with E-state index in [4.69, 9.17) is 10.5 Å². The van der Waals surface area contributed by atoms with E-state index in [-0.39, 0.29) is 12.5 Å². The average Bonchev–Trinajstić information content (AvgIpc) is 2.63. The quantitative estimate of drug-likeness (QED) is 0.574. The molecule has 0 radical (unpaired) electrons. The number of thiazole rings is 1. The van der Waals surface area contributed by atoms with Crippen LogP contribution in [0.25, 0.3) is 0 Å². The molecule has 0 saturated heterocycles. The molecule has 1 aromatic heterocycles. The Balaban J connectivity index is 2.72. The number of hydrogen-bond acceptors (Lipinski definition) is 5. The molecule has 0 spiro atoms. The molecule has 14 heavy (non-hydrogen) atoms. The minimum absolute atomic E-state index is 0.286. The van der Waals surface area contributed by atoms with Crippen LogP contribution in [0.3, 0.4) is 0 Å². The number of carbonyl (C=O) groups is 1. The molecule has 1 rings (SSSR count). The lowest BCUT2D eigenvalue weighted by Crippen LogP contribution is -2.01. The van der Waals surface area contributed by atoms with Gasteiger partial charge in [-0.3, -0.25) is 0 Å². The molecule has 0 aromatic carbocycles. The largest absolute Gasteiger partial charge is 0.462 e. The molecule has 0 unspecified atom stereocenters. The van der Waals surface area contributed by atoms with Crippen molar-refractivity contribution in [3.63, 3.8) is 0 Å². The first kappa shape index (κ1) is 10.7. The number of nitrogens with two attached hydrogens (primary N) is 1. The van der Waals surface area contributed by atoms with Crippen LogP contribution in [0.15, 0.2) is 6.20 Å². The molecular weight excluding hydrogens is 200 g/mol. The molecule has 5 heteroatoms. The molecule has 4 nitrogen and oxygen atoms in total. The Hall–Kier alpha value is -1.38. The fourth-order valence-electron chi connectivity index (χ4n) is 0.755. The molecule has 0 atom stereocenters. The van der Waals surface area contributed by atoms with E-state index >= 15 is 0 Å². The van der Waals surface area contributed by atoms with E-state index in [1.807, 2.05) is 0 Å². The smallest absolute Gasteiger partial charge is 0.349 e. The maximum Gasteiger partial charge on any atom is 0.349 e. The lowest BCUT2D eigenvalue weighted by Gasteiger charge is -1.95. The summed E-state index contributed by atoms with van der Waals surface area (Å²) < 4.78 is 4.80. The molecular formula is C9H10N2O2S. The van der Waals surface area contributed by atoms with Crippen molar-refractivity contribution >= 4 is 17.3 Å². The molecule has 1 aromatic rings. The Morgan fingerprint density at radius 2 is 2.57 bits per heavy atom. The highest BCUT2D eigenvalue weighted by Crippen LogP contribution is 2.12. The third kappa shape index (κ3) is 2.83. The van der Waals surface area contributed by atoms with Crippen LogP contribution in [-0.2, 0) is 4.74 Å². The maximum atomic E-state index is 11.2. The summed E-state index contributed by atoms with van der Waals surface area (Å²) in [6, 6.07) is 0. The SMILES string of the molecule is CCOC(=O)c1cnc(C#CCN)s1. The van der Waals surface area contributed by atoms with Crippen molar-refractivity contribution in [1.29, 1.82) is 0 Å². The van der Waals surface area contributed by atoms with Crippen LogP contribution in [0.4, 0.5) is 0 Å². The molecule has 0 aliphatic heterocycles. The van der Waals surface area contributed by atoms with E-state index in [0.717, 1.165) is 0 Å². The zero-order valence-electron chi connectivity index (χ0n) is 7.74. The van der Waals surface area contributed by atoms with Crippen molar-refractivity contribution in [2.24, 2.45) is 5.73 Å². The molecule has 0 aliphatic carbocycles. The van der Waals surface area contributed by atoms with Crippen LogP contribution < -0.4 is 5.73 Å². The molecule has 0 amide bonds. The Morgan fingerprint density at radius 1 is 1.79 bits per heavy atom. The summed E-state index contributed by atoms with van der Waals surface area (Å²) in [5.41, 5.74) is 5.20. The van der Waals surface area contributed by atoms with Crippen LogP contribution >= 0.6 is 11.3 Å². The number of rotatable bonds is 2. The molecule has 0 bridgehead atoms. The molecule has 74 valence electrons. The zero-order chi connectivity index (χ0) is 10.4. The van der Waals surface area contributed by atoms with Gasteiger partial charge in [0.1, 0.15) is 4.88 Å². The lowest BCUT2D eigenvalue weighted by atomic mass is 10.5. The standard InChI is InChI=1S/C9H10N2O2S/c1-2-13-9(12)7-6-11-8(14-7)4-3-5-10/h6H,2,5,10H2,1H3. The monoisotopic (exact) mass is 210 g/mol. The number of nitrogens with zero attached hydrogens (tertiary/aromatic N) is 1. The van der Waals surface area contributed by atoms with Crippen LogP contribution in [0.5, 0.6) is 0 Å². The third-order valence-electron chi connectivity index (χ3n) is 1.28. The second-order valence-corrected chi connectivity index (χ2v) is 3.29. The number of hydrogen-bond donors (Lipinski definition) is 1. The molecule has 0 saturated carbocycles. The van der Waals surface area contributed by atoms with Gasteiger partial charge in [-0.05, 0) is 12.8 Å². The summed E-state index contributed by atoms with van der Waals surface area (Å²) in [4.78, 5) is 15.6. The van der Waals surface area contributed by atoms with Crippen LogP contribution in [0.1, 0.15) is 21.6 Å². The van der Waals surface area contributed by atoms with Crippen LogP contribution in [-0.4, -0.2) is 24.1 Å². The highest BCUT2D eigenvalue weighted by atomic mass is 32.1. The van der Waals surface area contributed by atoms with E-state index in [0.29, 0.717) is 16.5 Å². The van der Waals surface area contributed by atoms with Crippen molar-refractivity contribution < 1.29 is 9.53 Å². The number of esters is 1. The lowest BCUT2D eigenvalue weighted by molar-refractivity contribution is 0.0532. The summed E-state index contributed by atoms with van der Waals surface area (Å²) in [6.45, 7) is 2.41. The summed E-state index contributed by atoms with van der Waals surface area (Å²) in [5.74, 6) is 5.05. The van der Waals surface area contributed by atoms with E-state index in [1.165, 1.54) is 17.5 Å². The van der Waals surface area contributed by atoms with Crippen molar-refractivity contribution in [3.05, 3.63) is 16.1 Å². The van der Waals surface area contributed by atoms with Crippen LogP contribution in [0.2, 0.25) is 0 Å². The van der Waals surface area contributed by atoms with E-state index in [2.05, 4.69) is 16.8 Å². The fraction of sp³-hybridized carbons (Fsp3) is 0.333. The van der Waals surface area contributed by atoms with Gasteiger partial charge in [0.15, 0.2) is 5.01 Å². The number of ether oxygens (including phenoxy) is 1. The molecule has 2 N–H and O–H groups in total. The van der Waals surface area contributed by atoms with Gasteiger partial charge in [-0.15, -0.1) is 0 Å². The Bertz CT molecular complexity index is 376. The first-order valence-corrected chi connectivity index (χ1v) is 4.91. The van der Waals surface area contributed by atoms with Crippen molar-refractivity contribution in [2.45, 2.75) is 6.92 Å². The van der Waals surface area contributed by atoms with E-state index in [9.17, 15) is 4.79 Å². The summed E-state index contributed by atoms with van der Waals surface area (Å²) in [7, 11) is 0. The number of carbonyl (C=O) groups excluding carboxylic acids is 1. The Morgan fingerprint density at radius 3 is 3.21 bits per heavy atom. The van der Waals surface area contributed by atoms with E-state index in [1.54, 1.807) is 6.92 Å². The van der Waals surface area contributed by atoms with Gasteiger partial charge in [-0.1, -0.05) is 17.3 Å². The Kier molecular flexibility index (Phi) is 4.11. The second-order valence-electron chi connectivity index (χ2n) is 2.26. The highest BCUT2D eigenvalue weighted by Gasteiger charge is 2.09. The van der Waals surface area contributed by atoms with Crippen molar-refractivity contribution in [3.8, 4) is 11.8 Å². The highest BCUT2D eigenvalue weighted by molar-refractivity contribution is 7.14. The van der Waals surface area contributed by atoms with Gasteiger partial charge in [0.2, 0.25) is 0 Å². The van der Waals surface area contributed by atoms with Gasteiger partial charge >= 0.3 is 5.97 Å². The zero-order valence-corrected chi connectivity index (χ0v) is 8.56. The molecule has 0 fully saturated rings. The predicted octanol–water partition coefficient (Wildman–Crippen LogP) is 0.630. The van der Waals surface area contributed by atoms with Gasteiger partial charge in [-0.2, -0.15) is 0 Å². The average molecular weight is 210 g/mol. The number of aromatic nitrogens is 1. The van der Waals surface area contributed by atoms with Crippen LogP contribution in [0, 0.1) is 11.8 Å². The maximum absolute atomic E-state index is 11.2. The summed E-state index contributed by atoms with van der Waals surface area (Å²) >= 11 is 1.21. The molecule has 0 aliphatic rings. The van der Waals surface area contributed by atoms with Gasteiger partial charge in [0.05, 0.1) is 19.3 Å². The van der Waals surface area contributed by atoms with Gasteiger partial charge in [0, 0.05) is 0 Å². The van der Waals surface area contributed by atoms with Gasteiger partial charge in [-0.25, -0.2) is 9.78 Å². The minimum Gasteiger partial charge on any atom is -0.462 e. The van der Waals surface area contributed by atoms with Gasteiger partial charge < -0.3 is 10.5 Å². The molecule has 1 heterocycles. The van der Waals surface area contributed by atoms with Crippen molar-refractivity contribution in [1.82, 2.24) is 4.98 Å². The van der Waals surface area contributed by atoms with Crippen molar-refractivity contribution in [2.75, 3.05) is 13.2 Å². The Labute approximate surface area is 86.1 Å². The predicted molar refractivity (Wildman–Crippen MR) is 54.0 cm³/mol. The third-order valence-corrected chi connectivity index (χ3v) is 2.17. The fourth-order valence-corrected chi connectivity index (χ4v) is 1.44. The topological polar surface area (TPSA) is 65.2 Å². The normalized spacial score (nSPS) is 9.00. The first-order chi connectivity index (χ1) is 6.77. The first-order valence-electron chi connectivity index (χ1n) is 4.09. The second kappa shape index (κ2) is 5.37. The summed E-state index contributed by atoms with van der Waals surface area (Å²) in [5, 5.41) is 0.582. The van der Waals surface area contributed by atoms with Gasteiger partial charge in [0.25, 0.3) is 0 Å². The minimum atomic E-state index is -0.356. The van der Waals surface area contributed by atoms with E-state index < -0.39 is 0 Å².